The summed E-state index contributed by atoms with van der Waals surface area (Å²) < 4.78 is 5.72. The van der Waals surface area contributed by atoms with Gasteiger partial charge in [0.1, 0.15) is 5.76 Å². The third-order valence-corrected chi connectivity index (χ3v) is 4.85. The van der Waals surface area contributed by atoms with Crippen LogP contribution < -0.4 is 5.32 Å². The Balaban J connectivity index is 1.49. The largest absolute Gasteiger partial charge is 0.468 e. The Hall–Kier alpha value is -0.840. The van der Waals surface area contributed by atoms with E-state index in [-0.39, 0.29) is 0 Å². The van der Waals surface area contributed by atoms with Crippen LogP contribution in [0.3, 0.4) is 0 Å². The Morgan fingerprint density at radius 2 is 2.14 bits per heavy atom. The van der Waals surface area contributed by atoms with Gasteiger partial charge in [-0.15, -0.1) is 0 Å². The molecule has 21 heavy (non-hydrogen) atoms. The van der Waals surface area contributed by atoms with E-state index in [1.165, 1.54) is 57.4 Å². The summed E-state index contributed by atoms with van der Waals surface area (Å²) in [5.41, 5.74) is 1.33. The van der Waals surface area contributed by atoms with Gasteiger partial charge in [0.25, 0.3) is 0 Å². The second kappa shape index (κ2) is 7.43. The molecular weight excluding hydrogens is 262 g/mol. The van der Waals surface area contributed by atoms with Gasteiger partial charge in [-0.2, -0.15) is 0 Å². The van der Waals surface area contributed by atoms with E-state index in [0.717, 1.165) is 31.4 Å². The van der Waals surface area contributed by atoms with Crippen molar-refractivity contribution in [3.63, 3.8) is 0 Å². The maximum atomic E-state index is 5.72. The predicted octanol–water partition coefficient (Wildman–Crippen LogP) is 2.45. The van der Waals surface area contributed by atoms with Crippen LogP contribution in [0.4, 0.5) is 0 Å². The van der Waals surface area contributed by atoms with E-state index in [9.17, 15) is 0 Å². The molecule has 0 radical (unpaired) electrons. The van der Waals surface area contributed by atoms with Crippen LogP contribution in [0.2, 0.25) is 0 Å². The molecule has 1 atom stereocenters. The zero-order chi connectivity index (χ0) is 14.5. The summed E-state index contributed by atoms with van der Waals surface area (Å²) in [4.78, 5) is 5.25. The van der Waals surface area contributed by atoms with Gasteiger partial charge >= 0.3 is 0 Å². The highest BCUT2D eigenvalue weighted by molar-refractivity contribution is 5.17. The minimum atomic E-state index is 0.782. The first kappa shape index (κ1) is 15.1. The van der Waals surface area contributed by atoms with E-state index in [1.807, 2.05) is 6.26 Å². The van der Waals surface area contributed by atoms with Crippen molar-refractivity contribution in [2.45, 2.75) is 51.7 Å². The molecule has 2 fully saturated rings. The number of hydrogen-bond acceptors (Lipinski definition) is 4. The summed E-state index contributed by atoms with van der Waals surface area (Å²) in [6.45, 7) is 10.2. The Kier molecular flexibility index (Phi) is 5.33. The van der Waals surface area contributed by atoms with Gasteiger partial charge in [-0.05, 0) is 51.4 Å². The lowest BCUT2D eigenvalue weighted by atomic mass is 10.2. The second-order valence-electron chi connectivity index (χ2n) is 6.47. The molecule has 2 aliphatic heterocycles. The van der Waals surface area contributed by atoms with Crippen molar-refractivity contribution in [1.29, 1.82) is 0 Å². The van der Waals surface area contributed by atoms with Gasteiger partial charge < -0.3 is 9.73 Å². The molecule has 3 heterocycles. The van der Waals surface area contributed by atoms with Gasteiger partial charge in [0.2, 0.25) is 0 Å². The number of rotatable bonds is 7. The molecule has 1 aromatic rings. The van der Waals surface area contributed by atoms with E-state index in [1.54, 1.807) is 0 Å². The van der Waals surface area contributed by atoms with Crippen molar-refractivity contribution in [3.8, 4) is 0 Å². The fraction of sp³-hybridized carbons (Fsp3) is 0.765. The number of nitrogens with zero attached hydrogens (tertiary/aromatic N) is 2. The first-order valence-electron chi connectivity index (χ1n) is 8.59. The SMILES string of the molecule is CCCNCc1ccoc1CN1CCC(N2CCCC2)C1. The van der Waals surface area contributed by atoms with Gasteiger partial charge in [0.05, 0.1) is 12.8 Å². The maximum Gasteiger partial charge on any atom is 0.122 e. The van der Waals surface area contributed by atoms with E-state index in [2.05, 4.69) is 28.1 Å². The molecule has 1 unspecified atom stereocenters. The third-order valence-electron chi connectivity index (χ3n) is 4.85. The molecule has 0 aliphatic carbocycles. The first-order chi connectivity index (χ1) is 10.4. The van der Waals surface area contributed by atoms with Crippen molar-refractivity contribution in [3.05, 3.63) is 23.7 Å². The summed E-state index contributed by atoms with van der Waals surface area (Å²) in [6.07, 6.45) is 7.12. The monoisotopic (exact) mass is 291 g/mol. The number of furan rings is 1. The lowest BCUT2D eigenvalue weighted by molar-refractivity contribution is 0.223. The molecule has 3 rings (SSSR count). The molecule has 0 amide bonds. The highest BCUT2D eigenvalue weighted by atomic mass is 16.3. The van der Waals surface area contributed by atoms with Crippen LogP contribution in [0, 0.1) is 0 Å². The summed E-state index contributed by atoms with van der Waals surface area (Å²) in [6, 6.07) is 2.90. The average Bonchev–Trinajstić information content (AvgIpc) is 3.20. The maximum absolute atomic E-state index is 5.72. The predicted molar refractivity (Wildman–Crippen MR) is 85.2 cm³/mol. The molecule has 0 aromatic carbocycles. The molecule has 1 N–H and O–H groups in total. The van der Waals surface area contributed by atoms with Crippen molar-refractivity contribution in [1.82, 2.24) is 15.1 Å². The number of likely N-dealkylation sites (tertiary alicyclic amines) is 2. The summed E-state index contributed by atoms with van der Waals surface area (Å²) in [5.74, 6) is 1.15. The Bertz CT molecular complexity index is 425. The summed E-state index contributed by atoms with van der Waals surface area (Å²) in [5, 5.41) is 3.47. The normalized spacial score (nSPS) is 24.1. The van der Waals surface area contributed by atoms with Crippen LogP contribution in [0.1, 0.15) is 43.9 Å². The van der Waals surface area contributed by atoms with E-state index < -0.39 is 0 Å². The molecule has 118 valence electrons. The first-order valence-corrected chi connectivity index (χ1v) is 8.59. The smallest absolute Gasteiger partial charge is 0.122 e. The standard InChI is InChI=1S/C17H29N3O/c1-2-7-18-12-15-6-11-21-17(15)14-19-10-5-16(13-19)20-8-3-4-9-20/h6,11,16,18H,2-5,7-10,12-14H2,1H3. The highest BCUT2D eigenvalue weighted by Gasteiger charge is 2.29. The van der Waals surface area contributed by atoms with Crippen LogP contribution >= 0.6 is 0 Å². The van der Waals surface area contributed by atoms with Crippen LogP contribution in [-0.4, -0.2) is 48.6 Å². The average molecular weight is 291 g/mol. The van der Waals surface area contributed by atoms with Gasteiger partial charge in [0, 0.05) is 31.2 Å². The van der Waals surface area contributed by atoms with Crippen LogP contribution in [0.25, 0.3) is 0 Å². The quantitative estimate of drug-likeness (QED) is 0.782. The Morgan fingerprint density at radius 1 is 1.29 bits per heavy atom. The molecule has 4 heteroatoms. The number of hydrogen-bond donors (Lipinski definition) is 1. The third kappa shape index (κ3) is 3.87. The van der Waals surface area contributed by atoms with Crippen LogP contribution in [0.5, 0.6) is 0 Å². The molecule has 2 aliphatic rings. The van der Waals surface area contributed by atoms with Crippen molar-refractivity contribution >= 4 is 0 Å². The van der Waals surface area contributed by atoms with Crippen molar-refractivity contribution < 1.29 is 4.42 Å². The highest BCUT2D eigenvalue weighted by Crippen LogP contribution is 2.23. The van der Waals surface area contributed by atoms with Gasteiger partial charge in [-0.25, -0.2) is 0 Å². The zero-order valence-electron chi connectivity index (χ0n) is 13.3. The number of nitrogens with one attached hydrogen (secondary N) is 1. The topological polar surface area (TPSA) is 31.7 Å². The zero-order valence-corrected chi connectivity index (χ0v) is 13.3. The fourth-order valence-electron chi connectivity index (χ4n) is 3.63. The van der Waals surface area contributed by atoms with Gasteiger partial charge in [-0.1, -0.05) is 6.92 Å². The Labute approximate surface area is 128 Å². The minimum Gasteiger partial charge on any atom is -0.468 e. The van der Waals surface area contributed by atoms with Crippen LogP contribution in [-0.2, 0) is 13.1 Å². The molecule has 0 bridgehead atoms. The molecule has 1 aromatic heterocycles. The van der Waals surface area contributed by atoms with E-state index in [0.29, 0.717) is 0 Å². The molecule has 0 spiro atoms. The van der Waals surface area contributed by atoms with Gasteiger partial charge in [0.15, 0.2) is 0 Å². The lowest BCUT2D eigenvalue weighted by Crippen LogP contribution is -2.35. The van der Waals surface area contributed by atoms with Crippen molar-refractivity contribution in [2.75, 3.05) is 32.7 Å². The minimum absolute atomic E-state index is 0.782. The fourth-order valence-corrected chi connectivity index (χ4v) is 3.63. The molecule has 4 nitrogen and oxygen atoms in total. The summed E-state index contributed by atoms with van der Waals surface area (Å²) >= 11 is 0. The van der Waals surface area contributed by atoms with E-state index >= 15 is 0 Å². The van der Waals surface area contributed by atoms with Crippen molar-refractivity contribution in [2.24, 2.45) is 0 Å². The lowest BCUT2D eigenvalue weighted by Gasteiger charge is -2.23. The van der Waals surface area contributed by atoms with Crippen LogP contribution in [0.15, 0.2) is 16.7 Å². The summed E-state index contributed by atoms with van der Waals surface area (Å²) in [7, 11) is 0. The molecule has 0 saturated carbocycles. The van der Waals surface area contributed by atoms with Gasteiger partial charge in [-0.3, -0.25) is 9.80 Å². The second-order valence-corrected chi connectivity index (χ2v) is 6.47. The van der Waals surface area contributed by atoms with E-state index in [4.69, 9.17) is 4.42 Å². The molecule has 2 saturated heterocycles. The Morgan fingerprint density at radius 3 is 2.95 bits per heavy atom. The molecular formula is C17H29N3O.